The lowest BCUT2D eigenvalue weighted by Crippen LogP contribution is -2.49. The van der Waals surface area contributed by atoms with Crippen molar-refractivity contribution in [1.82, 2.24) is 10.6 Å². The normalized spacial score (nSPS) is 15.1. The van der Waals surface area contributed by atoms with Crippen molar-refractivity contribution in [2.75, 3.05) is 17.8 Å². The van der Waals surface area contributed by atoms with E-state index < -0.39 is 10.0 Å². The van der Waals surface area contributed by atoms with E-state index >= 15 is 0 Å². The molecule has 0 spiro atoms. The number of anilines is 1. The van der Waals surface area contributed by atoms with Gasteiger partial charge in [0.1, 0.15) is 0 Å². The van der Waals surface area contributed by atoms with Gasteiger partial charge in [-0.05, 0) is 42.8 Å². The second-order valence-electron chi connectivity index (χ2n) is 6.50. The number of rotatable bonds is 7. The predicted octanol–water partition coefficient (Wildman–Crippen LogP) is 2.38. The molecule has 1 heterocycles. The van der Waals surface area contributed by atoms with E-state index in [-0.39, 0.29) is 35.7 Å². The summed E-state index contributed by atoms with van der Waals surface area (Å²) in [5, 5.41) is 6.08. The number of hydrogen-bond donors (Lipinski definition) is 3. The van der Waals surface area contributed by atoms with Crippen molar-refractivity contribution >= 4 is 34.0 Å². The lowest BCUT2D eigenvalue weighted by Gasteiger charge is -2.31. The van der Waals surface area contributed by atoms with Gasteiger partial charge in [0.2, 0.25) is 5.91 Å². The van der Waals surface area contributed by atoms with Gasteiger partial charge in [-0.1, -0.05) is 43.3 Å². The lowest BCUT2D eigenvalue weighted by atomic mass is 9.88. The molecule has 1 fully saturated rings. The second kappa shape index (κ2) is 9.21. The number of para-hydroxylation sites is 1. The largest absolute Gasteiger partial charge is 0.352 e. The summed E-state index contributed by atoms with van der Waals surface area (Å²) in [5.41, 5.74) is 1.19. The Morgan fingerprint density at radius 3 is 2.37 bits per heavy atom. The van der Waals surface area contributed by atoms with Gasteiger partial charge in [-0.2, -0.15) is 0 Å². The Balaban J connectivity index is 0.00000261. The van der Waals surface area contributed by atoms with Crippen LogP contribution in [-0.4, -0.2) is 27.4 Å². The number of benzene rings is 2. The average Bonchev–Trinajstić information content (AvgIpc) is 2.59. The van der Waals surface area contributed by atoms with Crippen LogP contribution in [0.1, 0.15) is 12.5 Å². The van der Waals surface area contributed by atoms with E-state index in [0.29, 0.717) is 11.6 Å². The van der Waals surface area contributed by atoms with Crippen LogP contribution < -0.4 is 15.4 Å². The summed E-state index contributed by atoms with van der Waals surface area (Å²) in [5.74, 6) is 0.281. The maximum atomic E-state index is 12.5. The number of sulfonamides is 1. The van der Waals surface area contributed by atoms with E-state index in [0.717, 1.165) is 18.7 Å². The summed E-state index contributed by atoms with van der Waals surface area (Å²) >= 11 is 0. The Hall–Kier alpha value is -2.09. The van der Waals surface area contributed by atoms with Crippen LogP contribution in [0.15, 0.2) is 59.5 Å². The number of carbonyl (C=O) groups excluding carboxylic acids is 1. The Kier molecular flexibility index (Phi) is 7.24. The zero-order valence-corrected chi connectivity index (χ0v) is 16.6. The Morgan fingerprint density at radius 1 is 1.11 bits per heavy atom. The lowest BCUT2D eigenvalue weighted by molar-refractivity contribution is -0.126. The van der Waals surface area contributed by atoms with Crippen LogP contribution in [0.5, 0.6) is 0 Å². The zero-order valence-electron chi connectivity index (χ0n) is 15.0. The first kappa shape index (κ1) is 21.2. The van der Waals surface area contributed by atoms with Gasteiger partial charge in [-0.15, -0.1) is 12.4 Å². The molecule has 0 radical (unpaired) electrons. The Bertz CT molecular complexity index is 871. The van der Waals surface area contributed by atoms with Crippen molar-refractivity contribution in [3.8, 4) is 0 Å². The van der Waals surface area contributed by atoms with Crippen LogP contribution in [0.4, 0.5) is 5.69 Å². The number of carbonyl (C=O) groups is 1. The summed E-state index contributed by atoms with van der Waals surface area (Å²) in [6.45, 7) is 3.92. The molecule has 1 atom stereocenters. The smallest absolute Gasteiger partial charge is 0.261 e. The molecule has 0 aromatic heterocycles. The first-order valence-electron chi connectivity index (χ1n) is 8.61. The third kappa shape index (κ3) is 5.22. The molecule has 2 aromatic carbocycles. The van der Waals surface area contributed by atoms with Crippen LogP contribution in [-0.2, 0) is 21.4 Å². The zero-order chi connectivity index (χ0) is 18.6. The first-order valence-corrected chi connectivity index (χ1v) is 10.1. The first-order chi connectivity index (χ1) is 12.5. The molecule has 6 nitrogen and oxygen atoms in total. The molecule has 1 aliphatic rings. The maximum absolute atomic E-state index is 12.5. The molecule has 1 saturated heterocycles. The molecule has 3 N–H and O–H groups in total. The molecule has 1 amide bonds. The van der Waals surface area contributed by atoms with E-state index in [9.17, 15) is 13.2 Å². The summed E-state index contributed by atoms with van der Waals surface area (Å²) in [4.78, 5) is 12.5. The molecular weight excluding hydrogens is 386 g/mol. The molecule has 3 rings (SSSR count). The number of nitrogens with one attached hydrogen (secondary N) is 3. The van der Waals surface area contributed by atoms with Crippen LogP contribution in [0.3, 0.4) is 0 Å². The maximum Gasteiger partial charge on any atom is 0.261 e. The Morgan fingerprint density at radius 2 is 1.74 bits per heavy atom. The van der Waals surface area contributed by atoms with Gasteiger partial charge in [0.15, 0.2) is 0 Å². The summed E-state index contributed by atoms with van der Waals surface area (Å²) in [6.07, 6.45) is 0. The van der Waals surface area contributed by atoms with Crippen molar-refractivity contribution in [3.63, 3.8) is 0 Å². The number of hydrogen-bond acceptors (Lipinski definition) is 4. The SMILES string of the molecule is CC(C(=O)NCc1ccccc1NS(=O)(=O)c1ccccc1)C1CNC1.Cl. The molecule has 2 aromatic rings. The minimum absolute atomic E-state index is 0. The van der Waals surface area contributed by atoms with Gasteiger partial charge in [-0.3, -0.25) is 9.52 Å². The minimum Gasteiger partial charge on any atom is -0.352 e. The molecule has 1 aliphatic heterocycles. The standard InChI is InChI=1S/C19H23N3O3S.ClH/c1-14(16-11-20-12-16)19(23)21-13-15-7-5-6-10-18(15)22-26(24,25)17-8-3-2-4-9-17;/h2-10,14,16,20,22H,11-13H2,1H3,(H,21,23);1H. The molecule has 0 aliphatic carbocycles. The van der Waals surface area contributed by atoms with E-state index in [1.165, 1.54) is 0 Å². The van der Waals surface area contributed by atoms with Crippen molar-refractivity contribution in [3.05, 3.63) is 60.2 Å². The van der Waals surface area contributed by atoms with Gasteiger partial charge in [0, 0.05) is 12.5 Å². The van der Waals surface area contributed by atoms with Crippen molar-refractivity contribution in [1.29, 1.82) is 0 Å². The van der Waals surface area contributed by atoms with Crippen LogP contribution in [0.25, 0.3) is 0 Å². The molecule has 1 unspecified atom stereocenters. The third-order valence-corrected chi connectivity index (χ3v) is 6.08. The second-order valence-corrected chi connectivity index (χ2v) is 8.18. The number of halogens is 1. The van der Waals surface area contributed by atoms with Crippen LogP contribution in [0.2, 0.25) is 0 Å². The molecule has 146 valence electrons. The summed E-state index contributed by atoms with van der Waals surface area (Å²) in [6, 6.07) is 15.3. The fraction of sp³-hybridized carbons (Fsp3) is 0.316. The highest BCUT2D eigenvalue weighted by atomic mass is 35.5. The van der Waals surface area contributed by atoms with Gasteiger partial charge >= 0.3 is 0 Å². The van der Waals surface area contributed by atoms with Crippen molar-refractivity contribution < 1.29 is 13.2 Å². The molecule has 0 bridgehead atoms. The number of amides is 1. The minimum atomic E-state index is -3.67. The Labute approximate surface area is 166 Å². The van der Waals surface area contributed by atoms with Gasteiger partial charge in [0.05, 0.1) is 10.6 Å². The monoisotopic (exact) mass is 409 g/mol. The van der Waals surface area contributed by atoms with Crippen LogP contribution >= 0.6 is 12.4 Å². The van der Waals surface area contributed by atoms with E-state index in [2.05, 4.69) is 15.4 Å². The summed E-state index contributed by atoms with van der Waals surface area (Å²) in [7, 11) is -3.67. The molecule has 0 saturated carbocycles. The highest BCUT2D eigenvalue weighted by Gasteiger charge is 2.28. The molecular formula is C19H24ClN3O3S. The predicted molar refractivity (Wildman–Crippen MR) is 108 cm³/mol. The van der Waals surface area contributed by atoms with Crippen LogP contribution in [0, 0.1) is 11.8 Å². The topological polar surface area (TPSA) is 87.3 Å². The quantitative estimate of drug-likeness (QED) is 0.655. The summed E-state index contributed by atoms with van der Waals surface area (Å²) < 4.78 is 27.7. The highest BCUT2D eigenvalue weighted by molar-refractivity contribution is 7.92. The van der Waals surface area contributed by atoms with Crippen molar-refractivity contribution in [2.45, 2.75) is 18.4 Å². The van der Waals surface area contributed by atoms with Crippen molar-refractivity contribution in [2.24, 2.45) is 11.8 Å². The third-order valence-electron chi connectivity index (χ3n) is 4.70. The average molecular weight is 410 g/mol. The highest BCUT2D eigenvalue weighted by Crippen LogP contribution is 2.21. The molecule has 8 heteroatoms. The fourth-order valence-corrected chi connectivity index (χ4v) is 3.92. The van der Waals surface area contributed by atoms with E-state index in [1.54, 1.807) is 48.5 Å². The molecule has 27 heavy (non-hydrogen) atoms. The van der Waals surface area contributed by atoms with Gasteiger partial charge in [-0.25, -0.2) is 8.42 Å². The van der Waals surface area contributed by atoms with E-state index in [4.69, 9.17) is 0 Å². The van der Waals surface area contributed by atoms with Gasteiger partial charge in [0.25, 0.3) is 10.0 Å². The van der Waals surface area contributed by atoms with Gasteiger partial charge < -0.3 is 10.6 Å². The van der Waals surface area contributed by atoms with E-state index in [1.807, 2.05) is 13.0 Å². The fourth-order valence-electron chi connectivity index (χ4n) is 2.80.